The van der Waals surface area contributed by atoms with Crippen molar-refractivity contribution in [1.82, 2.24) is 15.1 Å². The van der Waals surface area contributed by atoms with Crippen molar-refractivity contribution in [3.63, 3.8) is 0 Å². The van der Waals surface area contributed by atoms with Crippen LogP contribution in [-0.4, -0.2) is 66.7 Å². The molecule has 2 fully saturated rings. The van der Waals surface area contributed by atoms with Crippen LogP contribution < -0.4 is 10.1 Å². The van der Waals surface area contributed by atoms with Crippen LogP contribution in [0.4, 0.5) is 13.2 Å². The Morgan fingerprint density at radius 3 is 2.63 bits per heavy atom. The second-order valence-corrected chi connectivity index (χ2v) is 6.77. The molecule has 2 aliphatic rings. The number of amides is 2. The largest absolute Gasteiger partial charge is 0.573 e. The van der Waals surface area contributed by atoms with Gasteiger partial charge in [0, 0.05) is 32.2 Å². The molecular weight excluding hydrogens is 363 g/mol. The van der Waals surface area contributed by atoms with Crippen LogP contribution in [0.1, 0.15) is 18.4 Å². The number of hydrogen-bond donors (Lipinski definition) is 1. The second kappa shape index (κ2) is 8.16. The van der Waals surface area contributed by atoms with Crippen LogP contribution in [0.2, 0.25) is 0 Å². The quantitative estimate of drug-likeness (QED) is 0.855. The van der Waals surface area contributed by atoms with E-state index in [4.69, 9.17) is 0 Å². The van der Waals surface area contributed by atoms with Crippen LogP contribution >= 0.6 is 0 Å². The first-order chi connectivity index (χ1) is 12.8. The first-order valence-electron chi connectivity index (χ1n) is 8.94. The van der Waals surface area contributed by atoms with E-state index in [2.05, 4.69) is 10.1 Å². The van der Waals surface area contributed by atoms with Crippen molar-refractivity contribution in [3.8, 4) is 5.75 Å². The molecule has 148 valence electrons. The molecule has 0 aromatic heterocycles. The summed E-state index contributed by atoms with van der Waals surface area (Å²) >= 11 is 0. The predicted molar refractivity (Wildman–Crippen MR) is 91.0 cm³/mol. The molecule has 27 heavy (non-hydrogen) atoms. The number of piperidine rings is 1. The van der Waals surface area contributed by atoms with Gasteiger partial charge in [-0.2, -0.15) is 0 Å². The van der Waals surface area contributed by atoms with Gasteiger partial charge in [0.05, 0.1) is 13.0 Å². The lowest BCUT2D eigenvalue weighted by molar-refractivity contribution is -0.274. The molecule has 2 heterocycles. The lowest BCUT2D eigenvalue weighted by atomic mass is 10.0. The molecule has 6 nitrogen and oxygen atoms in total. The zero-order valence-corrected chi connectivity index (χ0v) is 14.8. The molecule has 0 bridgehead atoms. The van der Waals surface area contributed by atoms with Crippen molar-refractivity contribution in [2.24, 2.45) is 0 Å². The third-order valence-corrected chi connectivity index (χ3v) is 4.83. The molecule has 3 rings (SSSR count). The van der Waals surface area contributed by atoms with E-state index in [1.165, 1.54) is 24.3 Å². The lowest BCUT2D eigenvalue weighted by Crippen LogP contribution is -2.57. The maximum Gasteiger partial charge on any atom is 0.573 e. The first-order valence-corrected chi connectivity index (χ1v) is 8.94. The van der Waals surface area contributed by atoms with Crippen LogP contribution in [-0.2, 0) is 16.0 Å². The number of ether oxygens (including phenoxy) is 1. The maximum atomic E-state index is 12.6. The van der Waals surface area contributed by atoms with Gasteiger partial charge in [0.1, 0.15) is 5.75 Å². The Balaban J connectivity index is 1.56. The van der Waals surface area contributed by atoms with Crippen LogP contribution in [0.5, 0.6) is 5.75 Å². The highest BCUT2D eigenvalue weighted by Gasteiger charge is 2.32. The SMILES string of the molecule is O=C(Cc1ccc(OC(F)(F)F)cc1)N1CCCC(N2CCNCC2=O)C1. The maximum absolute atomic E-state index is 12.6. The minimum atomic E-state index is -4.73. The van der Waals surface area contributed by atoms with Gasteiger partial charge in [-0.05, 0) is 30.5 Å². The smallest absolute Gasteiger partial charge is 0.406 e. The van der Waals surface area contributed by atoms with E-state index in [1.54, 1.807) is 4.90 Å². The summed E-state index contributed by atoms with van der Waals surface area (Å²) in [6, 6.07) is 5.35. The van der Waals surface area contributed by atoms with Crippen molar-refractivity contribution in [2.45, 2.75) is 31.7 Å². The number of piperazine rings is 1. The van der Waals surface area contributed by atoms with Gasteiger partial charge in [0.15, 0.2) is 0 Å². The van der Waals surface area contributed by atoms with E-state index in [9.17, 15) is 22.8 Å². The van der Waals surface area contributed by atoms with Gasteiger partial charge in [-0.25, -0.2) is 0 Å². The second-order valence-electron chi connectivity index (χ2n) is 6.77. The number of nitrogens with zero attached hydrogens (tertiary/aromatic N) is 2. The van der Waals surface area contributed by atoms with Crippen LogP contribution in [0.15, 0.2) is 24.3 Å². The van der Waals surface area contributed by atoms with Gasteiger partial charge in [-0.15, -0.1) is 13.2 Å². The molecule has 1 aromatic rings. The van der Waals surface area contributed by atoms with Gasteiger partial charge in [-0.1, -0.05) is 12.1 Å². The first kappa shape index (κ1) is 19.5. The number of rotatable bonds is 4. The molecule has 0 radical (unpaired) electrons. The van der Waals surface area contributed by atoms with Crippen LogP contribution in [0.25, 0.3) is 0 Å². The fraction of sp³-hybridized carbons (Fsp3) is 0.556. The van der Waals surface area contributed by atoms with Crippen LogP contribution in [0.3, 0.4) is 0 Å². The number of hydrogen-bond acceptors (Lipinski definition) is 4. The molecule has 2 amide bonds. The molecule has 1 N–H and O–H groups in total. The number of benzene rings is 1. The standard InChI is InChI=1S/C18H22F3N3O3/c19-18(20,21)27-15-5-3-13(4-6-15)10-16(25)23-8-1-2-14(12-23)24-9-7-22-11-17(24)26/h3-6,14,22H,1-2,7-12H2. The van der Waals surface area contributed by atoms with Crippen molar-refractivity contribution < 1.29 is 27.5 Å². The molecule has 9 heteroatoms. The zero-order chi connectivity index (χ0) is 19.4. The van der Waals surface area contributed by atoms with E-state index < -0.39 is 6.36 Å². The summed E-state index contributed by atoms with van der Waals surface area (Å²) in [5.41, 5.74) is 0.620. The third kappa shape index (κ3) is 5.35. The number of alkyl halides is 3. The van der Waals surface area contributed by atoms with E-state index in [1.807, 2.05) is 4.90 Å². The minimum Gasteiger partial charge on any atom is -0.406 e. The molecule has 2 saturated heterocycles. The molecule has 2 aliphatic heterocycles. The summed E-state index contributed by atoms with van der Waals surface area (Å²) in [5.74, 6) is -0.346. The Morgan fingerprint density at radius 2 is 1.96 bits per heavy atom. The van der Waals surface area contributed by atoms with Crippen molar-refractivity contribution in [3.05, 3.63) is 29.8 Å². The van der Waals surface area contributed by atoms with E-state index in [0.717, 1.165) is 19.4 Å². The number of halogens is 3. The average molecular weight is 385 g/mol. The van der Waals surface area contributed by atoms with Crippen molar-refractivity contribution in [2.75, 3.05) is 32.7 Å². The number of nitrogens with one attached hydrogen (secondary N) is 1. The van der Waals surface area contributed by atoms with Gasteiger partial charge < -0.3 is 19.9 Å². The zero-order valence-electron chi connectivity index (χ0n) is 14.8. The number of likely N-dealkylation sites (tertiary alicyclic amines) is 1. The summed E-state index contributed by atoms with van der Waals surface area (Å²) < 4.78 is 40.4. The van der Waals surface area contributed by atoms with E-state index in [-0.39, 0.29) is 30.0 Å². The molecular formula is C18H22F3N3O3. The normalized spacial score (nSPS) is 21.3. The molecule has 0 spiro atoms. The molecule has 1 atom stereocenters. The fourth-order valence-electron chi connectivity index (χ4n) is 3.54. The molecule has 1 unspecified atom stereocenters. The third-order valence-electron chi connectivity index (χ3n) is 4.83. The topological polar surface area (TPSA) is 61.9 Å². The van der Waals surface area contributed by atoms with Crippen LogP contribution in [0, 0.1) is 0 Å². The molecule has 0 aliphatic carbocycles. The number of carbonyl (C=O) groups is 2. The number of carbonyl (C=O) groups excluding carboxylic acids is 2. The summed E-state index contributed by atoms with van der Waals surface area (Å²) in [7, 11) is 0. The highest BCUT2D eigenvalue weighted by Crippen LogP contribution is 2.23. The van der Waals surface area contributed by atoms with E-state index >= 15 is 0 Å². The Hall–Kier alpha value is -2.29. The molecule has 1 aromatic carbocycles. The Bertz CT molecular complexity index is 679. The summed E-state index contributed by atoms with van der Waals surface area (Å²) in [5, 5.41) is 3.04. The highest BCUT2D eigenvalue weighted by atomic mass is 19.4. The monoisotopic (exact) mass is 385 g/mol. The van der Waals surface area contributed by atoms with E-state index in [0.29, 0.717) is 31.7 Å². The summed E-state index contributed by atoms with van der Waals surface area (Å²) in [6.07, 6.45) is -2.93. The Kier molecular flexibility index (Phi) is 5.88. The van der Waals surface area contributed by atoms with Gasteiger partial charge in [0.25, 0.3) is 0 Å². The predicted octanol–water partition coefficient (Wildman–Crippen LogP) is 1.55. The Labute approximate surface area is 155 Å². The fourth-order valence-corrected chi connectivity index (χ4v) is 3.54. The summed E-state index contributed by atoms with van der Waals surface area (Å²) in [4.78, 5) is 28.2. The summed E-state index contributed by atoms with van der Waals surface area (Å²) in [6.45, 7) is 2.86. The Morgan fingerprint density at radius 1 is 1.22 bits per heavy atom. The molecule has 0 saturated carbocycles. The van der Waals surface area contributed by atoms with Crippen molar-refractivity contribution >= 4 is 11.8 Å². The average Bonchev–Trinajstić information content (AvgIpc) is 2.62. The van der Waals surface area contributed by atoms with Gasteiger partial charge in [-0.3, -0.25) is 9.59 Å². The van der Waals surface area contributed by atoms with Gasteiger partial charge >= 0.3 is 6.36 Å². The lowest BCUT2D eigenvalue weighted by Gasteiger charge is -2.41. The van der Waals surface area contributed by atoms with Crippen molar-refractivity contribution in [1.29, 1.82) is 0 Å². The highest BCUT2D eigenvalue weighted by molar-refractivity contribution is 5.80. The van der Waals surface area contributed by atoms with Gasteiger partial charge in [0.2, 0.25) is 11.8 Å². The minimum absolute atomic E-state index is 0.0276.